The van der Waals surface area contributed by atoms with Crippen molar-refractivity contribution in [3.8, 4) is 0 Å². The third-order valence-electron chi connectivity index (χ3n) is 2.21. The van der Waals surface area contributed by atoms with Crippen molar-refractivity contribution >= 4 is 6.09 Å². The molecular formula is C11H20INO2Zn. The van der Waals surface area contributed by atoms with Crippen molar-refractivity contribution in [2.24, 2.45) is 5.41 Å². The molecule has 0 aromatic carbocycles. The van der Waals surface area contributed by atoms with Gasteiger partial charge in [0, 0.05) is 13.1 Å². The van der Waals surface area contributed by atoms with Gasteiger partial charge in [-0.1, -0.05) is 13.3 Å². The minimum absolute atomic E-state index is 0. The molecule has 1 unspecified atom stereocenters. The van der Waals surface area contributed by atoms with Crippen LogP contribution in [0.4, 0.5) is 4.79 Å². The van der Waals surface area contributed by atoms with Crippen LogP contribution in [0.5, 0.6) is 0 Å². The fourth-order valence-corrected chi connectivity index (χ4v) is 1.51. The van der Waals surface area contributed by atoms with E-state index in [2.05, 4.69) is 13.8 Å². The van der Waals surface area contributed by atoms with E-state index in [4.69, 9.17) is 4.74 Å². The number of rotatable bonds is 0. The zero-order valence-electron chi connectivity index (χ0n) is 10.7. The number of ether oxygens (including phenoxy) is 1. The maximum atomic E-state index is 11.6. The first-order chi connectivity index (χ1) is 6.20. The van der Waals surface area contributed by atoms with Crippen LogP contribution in [0, 0.1) is 12.3 Å². The summed E-state index contributed by atoms with van der Waals surface area (Å²) in [4.78, 5) is 13.4. The molecule has 1 saturated heterocycles. The van der Waals surface area contributed by atoms with Crippen molar-refractivity contribution in [1.82, 2.24) is 4.90 Å². The van der Waals surface area contributed by atoms with E-state index in [9.17, 15) is 4.79 Å². The molecule has 1 atom stereocenters. The van der Waals surface area contributed by atoms with Crippen molar-refractivity contribution in [3.63, 3.8) is 0 Å². The van der Waals surface area contributed by atoms with Gasteiger partial charge in [-0.25, -0.2) is 4.79 Å². The van der Waals surface area contributed by atoms with E-state index in [0.717, 1.165) is 13.0 Å². The average molecular weight is 391 g/mol. The summed E-state index contributed by atoms with van der Waals surface area (Å²) in [5.41, 5.74) is -0.409. The van der Waals surface area contributed by atoms with Crippen LogP contribution in [0.25, 0.3) is 0 Å². The molecule has 1 rings (SSSR count). The molecule has 1 aliphatic heterocycles. The van der Waals surface area contributed by atoms with Gasteiger partial charge < -0.3 is 40.5 Å². The van der Waals surface area contributed by atoms with E-state index in [1.807, 2.05) is 20.8 Å². The molecule has 0 aromatic heterocycles. The Morgan fingerprint density at radius 1 is 1.44 bits per heavy atom. The van der Waals surface area contributed by atoms with Crippen LogP contribution < -0.4 is 24.0 Å². The van der Waals surface area contributed by atoms with Gasteiger partial charge in [-0.2, -0.15) is 0 Å². The van der Waals surface area contributed by atoms with Gasteiger partial charge in [-0.05, 0) is 20.8 Å². The van der Waals surface area contributed by atoms with Crippen LogP contribution in [-0.4, -0.2) is 29.7 Å². The first-order valence-electron chi connectivity index (χ1n) is 5.03. The third kappa shape index (κ3) is 6.38. The number of halogens is 1. The first-order valence-corrected chi connectivity index (χ1v) is 5.03. The summed E-state index contributed by atoms with van der Waals surface area (Å²) >= 11 is 0. The number of amides is 1. The second-order valence-corrected chi connectivity index (χ2v) is 5.46. The van der Waals surface area contributed by atoms with Crippen molar-refractivity contribution in [1.29, 1.82) is 0 Å². The normalized spacial score (nSPS) is 24.4. The van der Waals surface area contributed by atoms with Gasteiger partial charge in [0.15, 0.2) is 0 Å². The topological polar surface area (TPSA) is 29.5 Å². The van der Waals surface area contributed by atoms with E-state index in [0.29, 0.717) is 6.54 Å². The molecule has 0 radical (unpaired) electrons. The quantitative estimate of drug-likeness (QED) is 0.316. The Morgan fingerprint density at radius 2 is 1.94 bits per heavy atom. The van der Waals surface area contributed by atoms with Crippen LogP contribution in [0.1, 0.15) is 34.1 Å². The maximum absolute atomic E-state index is 11.6. The van der Waals surface area contributed by atoms with Crippen LogP contribution in [0.3, 0.4) is 0 Å². The Bertz CT molecular complexity index is 239. The smallest absolute Gasteiger partial charge is 1.00 e. The molecule has 1 amide bonds. The molecule has 0 spiro atoms. The van der Waals surface area contributed by atoms with E-state index in [1.165, 1.54) is 0 Å². The Hall–Kier alpha value is 0.623. The summed E-state index contributed by atoms with van der Waals surface area (Å²) in [6, 6.07) is 0. The van der Waals surface area contributed by atoms with Crippen LogP contribution >= 0.6 is 0 Å². The Labute approximate surface area is 128 Å². The maximum Gasteiger partial charge on any atom is 2.00 e. The van der Waals surface area contributed by atoms with Crippen molar-refractivity contribution < 1.29 is 53.0 Å². The van der Waals surface area contributed by atoms with Gasteiger partial charge in [-0.3, -0.25) is 0 Å². The molecule has 3 nitrogen and oxygen atoms in total. The number of hydrogen-bond donors (Lipinski definition) is 0. The molecule has 1 fully saturated rings. The molecule has 90 valence electrons. The summed E-state index contributed by atoms with van der Waals surface area (Å²) in [6.45, 7) is 13.2. The standard InChI is InChI=1S/C11H20NO2.HI.Zn/c1-10(2,3)14-9(13)12-7-6-11(4,5)8-12;;/h4,6-8H2,1-3,5H3;1H;/q-1;;+2/p-1. The average Bonchev–Trinajstić information content (AvgIpc) is 2.26. The van der Waals surface area contributed by atoms with Gasteiger partial charge in [0.1, 0.15) is 5.60 Å². The van der Waals surface area contributed by atoms with Gasteiger partial charge in [0.05, 0.1) is 0 Å². The Kier molecular flexibility index (Phi) is 7.74. The number of hydrogen-bond acceptors (Lipinski definition) is 2. The fourth-order valence-electron chi connectivity index (χ4n) is 1.51. The number of likely N-dealkylation sites (tertiary alicyclic amines) is 1. The van der Waals surface area contributed by atoms with Gasteiger partial charge >= 0.3 is 25.6 Å². The molecule has 5 heteroatoms. The van der Waals surface area contributed by atoms with Crippen molar-refractivity contribution in [2.75, 3.05) is 13.1 Å². The van der Waals surface area contributed by atoms with E-state index in [1.54, 1.807) is 4.90 Å². The number of nitrogens with zero attached hydrogens (tertiary/aromatic N) is 1. The summed E-state index contributed by atoms with van der Waals surface area (Å²) in [5.74, 6) is 0. The molecule has 16 heavy (non-hydrogen) atoms. The molecule has 1 aliphatic rings. The van der Waals surface area contributed by atoms with Crippen LogP contribution in [-0.2, 0) is 24.2 Å². The van der Waals surface area contributed by atoms with E-state index < -0.39 is 5.60 Å². The zero-order valence-corrected chi connectivity index (χ0v) is 15.8. The molecule has 0 N–H and O–H groups in total. The second kappa shape index (κ2) is 6.53. The third-order valence-corrected chi connectivity index (χ3v) is 2.21. The summed E-state index contributed by atoms with van der Waals surface area (Å²) in [7, 11) is 0. The second-order valence-electron chi connectivity index (χ2n) is 5.46. The fraction of sp³-hybridized carbons (Fsp3) is 0.818. The molecular weight excluding hydrogens is 370 g/mol. The van der Waals surface area contributed by atoms with Crippen LogP contribution in [0.2, 0.25) is 0 Å². The van der Waals surface area contributed by atoms with Gasteiger partial charge in [-0.15, -0.1) is 5.41 Å². The van der Waals surface area contributed by atoms with E-state index in [-0.39, 0.29) is 55.0 Å². The zero-order chi connectivity index (χ0) is 11.0. The molecule has 0 aliphatic carbocycles. The predicted molar refractivity (Wildman–Crippen MR) is 55.9 cm³/mol. The summed E-state index contributed by atoms with van der Waals surface area (Å²) in [6.07, 6.45) is 0.733. The largest absolute Gasteiger partial charge is 2.00 e. The minimum Gasteiger partial charge on any atom is -1.00 e. The Balaban J connectivity index is 0. The SMILES string of the molecule is [CH2-]C1(C)CCN(C(=O)OC(C)(C)C)C1.[I-].[Zn+2]. The molecule has 0 saturated carbocycles. The Morgan fingerprint density at radius 3 is 2.25 bits per heavy atom. The van der Waals surface area contributed by atoms with E-state index >= 15 is 0 Å². The first kappa shape index (κ1) is 19.0. The van der Waals surface area contributed by atoms with Crippen molar-refractivity contribution in [2.45, 2.75) is 39.7 Å². The minimum atomic E-state index is -0.406. The summed E-state index contributed by atoms with van der Waals surface area (Å²) in [5, 5.41) is 0. The van der Waals surface area contributed by atoms with Gasteiger partial charge in [0.2, 0.25) is 0 Å². The number of carbonyl (C=O) groups excluding carboxylic acids is 1. The molecule has 0 aromatic rings. The van der Waals surface area contributed by atoms with Gasteiger partial charge in [0.25, 0.3) is 0 Å². The monoisotopic (exact) mass is 389 g/mol. The van der Waals surface area contributed by atoms with Crippen molar-refractivity contribution in [3.05, 3.63) is 6.92 Å². The predicted octanol–water partition coefficient (Wildman–Crippen LogP) is -0.531. The summed E-state index contributed by atoms with van der Waals surface area (Å²) < 4.78 is 5.27. The molecule has 1 heterocycles. The molecule has 0 bridgehead atoms. The van der Waals surface area contributed by atoms with Crippen LogP contribution in [0.15, 0.2) is 0 Å². The number of carbonyl (C=O) groups is 1.